The maximum Gasteiger partial charge on any atom is 0.255 e. The van der Waals surface area contributed by atoms with Gasteiger partial charge in [0.15, 0.2) is 11.7 Å². The van der Waals surface area contributed by atoms with Crippen molar-refractivity contribution < 1.29 is 14.3 Å². The SMILES string of the molecule is C/C(=N/NC(=S)NC[C@H]1CCCO1)c1ccc(OCC(N)=O)cc1. The van der Waals surface area contributed by atoms with Crippen LogP contribution in [0.1, 0.15) is 25.3 Å². The molecule has 4 N–H and O–H groups in total. The van der Waals surface area contributed by atoms with Gasteiger partial charge in [0, 0.05) is 13.2 Å². The molecule has 1 aromatic carbocycles. The number of rotatable bonds is 7. The minimum absolute atomic E-state index is 0.140. The number of nitrogens with one attached hydrogen (secondary N) is 2. The van der Waals surface area contributed by atoms with Gasteiger partial charge in [0.1, 0.15) is 5.75 Å². The lowest BCUT2D eigenvalue weighted by atomic mass is 10.1. The normalized spacial score (nSPS) is 17.4. The van der Waals surface area contributed by atoms with Gasteiger partial charge in [-0.25, -0.2) is 0 Å². The van der Waals surface area contributed by atoms with Crippen molar-refractivity contribution in [2.45, 2.75) is 25.9 Å². The van der Waals surface area contributed by atoms with Gasteiger partial charge in [0.25, 0.3) is 5.91 Å². The first kappa shape index (κ1) is 18.2. The highest BCUT2D eigenvalue weighted by Crippen LogP contribution is 2.13. The molecule has 0 radical (unpaired) electrons. The Hall–Kier alpha value is -2.19. The van der Waals surface area contributed by atoms with E-state index >= 15 is 0 Å². The Morgan fingerprint density at radius 3 is 2.83 bits per heavy atom. The molecule has 24 heavy (non-hydrogen) atoms. The number of hydrogen-bond donors (Lipinski definition) is 3. The predicted molar refractivity (Wildman–Crippen MR) is 96.1 cm³/mol. The molecule has 0 spiro atoms. The molecule has 0 unspecified atom stereocenters. The average Bonchev–Trinajstić information content (AvgIpc) is 3.10. The van der Waals surface area contributed by atoms with E-state index in [0.29, 0.717) is 17.4 Å². The molecule has 7 nitrogen and oxygen atoms in total. The molecule has 8 heteroatoms. The Morgan fingerprint density at radius 1 is 1.46 bits per heavy atom. The standard InChI is InChI=1S/C16H22N4O3S/c1-11(12-4-6-13(7-5-12)23-10-15(17)21)19-20-16(24)18-9-14-3-2-8-22-14/h4-7,14H,2-3,8-10H2,1H3,(H2,17,21)(H2,18,20,24)/b19-11-/t14-/m1/s1. The number of thiocarbonyl (C=S) groups is 1. The zero-order chi connectivity index (χ0) is 17.4. The highest BCUT2D eigenvalue weighted by atomic mass is 32.1. The van der Waals surface area contributed by atoms with Crippen molar-refractivity contribution in [3.63, 3.8) is 0 Å². The lowest BCUT2D eigenvalue weighted by molar-refractivity contribution is -0.119. The number of carbonyl (C=O) groups excluding carboxylic acids is 1. The van der Waals surface area contributed by atoms with Crippen molar-refractivity contribution >= 4 is 28.9 Å². The van der Waals surface area contributed by atoms with Gasteiger partial charge < -0.3 is 20.5 Å². The van der Waals surface area contributed by atoms with Crippen LogP contribution in [0, 0.1) is 0 Å². The Balaban J connectivity index is 1.78. The van der Waals surface area contributed by atoms with E-state index in [4.69, 9.17) is 27.4 Å². The van der Waals surface area contributed by atoms with Gasteiger partial charge in [-0.05, 0) is 61.8 Å². The molecule has 1 heterocycles. The van der Waals surface area contributed by atoms with Gasteiger partial charge in [-0.1, -0.05) is 0 Å². The summed E-state index contributed by atoms with van der Waals surface area (Å²) in [5, 5.41) is 7.81. The van der Waals surface area contributed by atoms with Gasteiger partial charge in [-0.3, -0.25) is 10.2 Å². The quantitative estimate of drug-likeness (QED) is 0.384. The summed E-state index contributed by atoms with van der Waals surface area (Å²) in [5.74, 6) is 0.0668. The van der Waals surface area contributed by atoms with Gasteiger partial charge >= 0.3 is 0 Å². The molecule has 0 bridgehead atoms. The van der Waals surface area contributed by atoms with Crippen LogP contribution in [0.4, 0.5) is 0 Å². The second-order valence-corrected chi connectivity index (χ2v) is 5.84. The summed E-state index contributed by atoms with van der Waals surface area (Å²) in [5.41, 5.74) is 9.54. The van der Waals surface area contributed by atoms with Gasteiger partial charge in [0.2, 0.25) is 0 Å². The van der Waals surface area contributed by atoms with Crippen molar-refractivity contribution in [2.24, 2.45) is 10.8 Å². The third-order valence-corrected chi connectivity index (χ3v) is 3.73. The number of hydrazone groups is 1. The molecule has 2 rings (SSSR count). The van der Waals surface area contributed by atoms with Crippen molar-refractivity contribution in [1.29, 1.82) is 0 Å². The largest absolute Gasteiger partial charge is 0.484 e. The van der Waals surface area contributed by atoms with Crippen LogP contribution in [0.5, 0.6) is 5.75 Å². The van der Waals surface area contributed by atoms with Crippen LogP contribution in [0.2, 0.25) is 0 Å². The van der Waals surface area contributed by atoms with Crippen LogP contribution >= 0.6 is 12.2 Å². The smallest absolute Gasteiger partial charge is 0.255 e. The summed E-state index contributed by atoms with van der Waals surface area (Å²) in [6.45, 7) is 3.24. The zero-order valence-corrected chi connectivity index (χ0v) is 14.4. The Morgan fingerprint density at radius 2 is 2.21 bits per heavy atom. The minimum atomic E-state index is -0.509. The van der Waals surface area contributed by atoms with Gasteiger partial charge in [-0.2, -0.15) is 5.10 Å². The number of benzene rings is 1. The highest BCUT2D eigenvalue weighted by molar-refractivity contribution is 7.80. The first-order valence-corrected chi connectivity index (χ1v) is 8.16. The first-order valence-electron chi connectivity index (χ1n) is 7.76. The van der Waals surface area contributed by atoms with E-state index in [1.165, 1.54) is 0 Å². The second-order valence-electron chi connectivity index (χ2n) is 5.43. The molecule has 1 saturated heterocycles. The third kappa shape index (κ3) is 6.13. The predicted octanol–water partition coefficient (Wildman–Crippen LogP) is 0.918. The Labute approximate surface area is 146 Å². The van der Waals surface area contributed by atoms with Gasteiger partial charge in [-0.15, -0.1) is 0 Å². The van der Waals surface area contributed by atoms with Crippen molar-refractivity contribution in [1.82, 2.24) is 10.7 Å². The van der Waals surface area contributed by atoms with Crippen LogP contribution in [0.3, 0.4) is 0 Å². The van der Waals surface area contributed by atoms with Crippen molar-refractivity contribution in [3.8, 4) is 5.75 Å². The molecule has 0 aromatic heterocycles. The summed E-state index contributed by atoms with van der Waals surface area (Å²) < 4.78 is 10.7. The van der Waals surface area contributed by atoms with E-state index in [9.17, 15) is 4.79 Å². The zero-order valence-electron chi connectivity index (χ0n) is 13.6. The van der Waals surface area contributed by atoms with Crippen LogP contribution in [-0.4, -0.2) is 42.6 Å². The van der Waals surface area contributed by atoms with E-state index in [1.54, 1.807) is 12.1 Å². The van der Waals surface area contributed by atoms with E-state index in [-0.39, 0.29) is 12.7 Å². The summed E-state index contributed by atoms with van der Waals surface area (Å²) >= 11 is 5.19. The number of carbonyl (C=O) groups is 1. The lowest BCUT2D eigenvalue weighted by Crippen LogP contribution is -2.37. The van der Waals surface area contributed by atoms with Crippen LogP contribution < -0.4 is 21.2 Å². The molecular formula is C16H22N4O3S. The molecule has 1 aromatic rings. The summed E-state index contributed by atoms with van der Waals surface area (Å²) in [6.07, 6.45) is 2.38. The first-order chi connectivity index (χ1) is 11.5. The molecule has 130 valence electrons. The molecule has 1 fully saturated rings. The number of nitrogens with zero attached hydrogens (tertiary/aromatic N) is 1. The molecule has 0 saturated carbocycles. The topological polar surface area (TPSA) is 98.0 Å². The second kappa shape index (κ2) is 9.19. The molecule has 1 atom stereocenters. The summed E-state index contributed by atoms with van der Waals surface area (Å²) in [7, 11) is 0. The fourth-order valence-corrected chi connectivity index (χ4v) is 2.33. The fraction of sp³-hybridized carbons (Fsp3) is 0.438. The number of primary amides is 1. The van der Waals surface area contributed by atoms with E-state index < -0.39 is 5.91 Å². The molecule has 0 aliphatic carbocycles. The molecule has 1 aliphatic heterocycles. The maximum absolute atomic E-state index is 10.7. The van der Waals surface area contributed by atoms with E-state index in [2.05, 4.69) is 15.8 Å². The molecular weight excluding hydrogens is 328 g/mol. The number of amides is 1. The summed E-state index contributed by atoms with van der Waals surface area (Å²) in [4.78, 5) is 10.7. The van der Waals surface area contributed by atoms with E-state index in [0.717, 1.165) is 30.7 Å². The molecule has 1 amide bonds. The van der Waals surface area contributed by atoms with Crippen molar-refractivity contribution in [2.75, 3.05) is 19.8 Å². The van der Waals surface area contributed by atoms with Crippen LogP contribution in [-0.2, 0) is 9.53 Å². The van der Waals surface area contributed by atoms with Crippen LogP contribution in [0.15, 0.2) is 29.4 Å². The number of hydrogen-bond acceptors (Lipinski definition) is 5. The third-order valence-electron chi connectivity index (χ3n) is 3.49. The number of ether oxygens (including phenoxy) is 2. The van der Waals surface area contributed by atoms with Crippen molar-refractivity contribution in [3.05, 3.63) is 29.8 Å². The Bertz CT molecular complexity index is 598. The van der Waals surface area contributed by atoms with Gasteiger partial charge in [0.05, 0.1) is 11.8 Å². The minimum Gasteiger partial charge on any atom is -0.484 e. The monoisotopic (exact) mass is 350 g/mol. The highest BCUT2D eigenvalue weighted by Gasteiger charge is 2.15. The Kier molecular flexibility index (Phi) is 6.95. The van der Waals surface area contributed by atoms with Crippen LogP contribution in [0.25, 0.3) is 0 Å². The maximum atomic E-state index is 10.7. The molecule has 1 aliphatic rings. The lowest BCUT2D eigenvalue weighted by Gasteiger charge is -2.12. The fourth-order valence-electron chi connectivity index (χ4n) is 2.20. The average molecular weight is 350 g/mol. The van der Waals surface area contributed by atoms with E-state index in [1.807, 2.05) is 19.1 Å². The number of nitrogens with two attached hydrogens (primary N) is 1. The summed E-state index contributed by atoms with van der Waals surface area (Å²) in [6, 6.07) is 7.20.